The van der Waals surface area contributed by atoms with Crippen molar-refractivity contribution in [1.82, 2.24) is 5.32 Å². The van der Waals surface area contributed by atoms with Crippen LogP contribution in [0.3, 0.4) is 0 Å². The van der Waals surface area contributed by atoms with Crippen LogP contribution in [-0.4, -0.2) is 5.91 Å². The number of hydrogen-bond donors (Lipinski definition) is 1. The van der Waals surface area contributed by atoms with Crippen molar-refractivity contribution >= 4 is 5.91 Å². The molecule has 0 aliphatic heterocycles. The number of carbonyl (C=O) groups is 1. The molecule has 1 amide bonds. The van der Waals surface area contributed by atoms with Gasteiger partial charge in [-0.25, -0.2) is 8.78 Å². The molecule has 0 aliphatic carbocycles. The van der Waals surface area contributed by atoms with Crippen LogP contribution in [0.25, 0.3) is 0 Å². The van der Waals surface area contributed by atoms with Gasteiger partial charge < -0.3 is 14.5 Å². The SMILES string of the molecule is O=C(NCc1ccccc1C(F)(F)F)c1ccc(COc2ccc(F)cc2F)o1. The van der Waals surface area contributed by atoms with Crippen LogP contribution >= 0.6 is 0 Å². The van der Waals surface area contributed by atoms with Crippen molar-refractivity contribution < 1.29 is 35.9 Å². The van der Waals surface area contributed by atoms with Gasteiger partial charge in [0.2, 0.25) is 0 Å². The minimum Gasteiger partial charge on any atom is -0.483 e. The number of benzene rings is 2. The topological polar surface area (TPSA) is 51.5 Å². The summed E-state index contributed by atoms with van der Waals surface area (Å²) in [6.45, 7) is -0.575. The van der Waals surface area contributed by atoms with Gasteiger partial charge in [0.1, 0.15) is 18.2 Å². The molecule has 9 heteroatoms. The molecule has 1 aromatic heterocycles. The number of carbonyl (C=O) groups excluding carboxylic acids is 1. The van der Waals surface area contributed by atoms with Crippen LogP contribution in [0.4, 0.5) is 22.0 Å². The molecule has 0 atom stereocenters. The Kier molecular flexibility index (Phi) is 5.86. The summed E-state index contributed by atoms with van der Waals surface area (Å²) in [4.78, 5) is 12.1. The molecule has 0 unspecified atom stereocenters. The van der Waals surface area contributed by atoms with Crippen molar-refractivity contribution in [3.05, 3.63) is 88.9 Å². The zero-order valence-corrected chi connectivity index (χ0v) is 14.7. The first-order chi connectivity index (χ1) is 13.7. The quantitative estimate of drug-likeness (QED) is 0.576. The molecule has 0 saturated heterocycles. The number of hydrogen-bond acceptors (Lipinski definition) is 3. The molecule has 4 nitrogen and oxygen atoms in total. The second-order valence-electron chi connectivity index (χ2n) is 5.97. The third kappa shape index (κ3) is 5.13. The fourth-order valence-electron chi connectivity index (χ4n) is 2.53. The van der Waals surface area contributed by atoms with E-state index in [0.29, 0.717) is 6.07 Å². The van der Waals surface area contributed by atoms with E-state index in [-0.39, 0.29) is 36.0 Å². The Morgan fingerprint density at radius 2 is 1.79 bits per heavy atom. The molecule has 0 aliphatic rings. The van der Waals surface area contributed by atoms with E-state index < -0.39 is 29.3 Å². The van der Waals surface area contributed by atoms with E-state index in [9.17, 15) is 26.7 Å². The molecule has 3 aromatic rings. The maximum Gasteiger partial charge on any atom is 0.416 e. The van der Waals surface area contributed by atoms with Gasteiger partial charge in [0.15, 0.2) is 17.3 Å². The molecular weight excluding hydrogens is 397 g/mol. The van der Waals surface area contributed by atoms with E-state index in [0.717, 1.165) is 18.2 Å². The fraction of sp³-hybridized carbons (Fsp3) is 0.150. The van der Waals surface area contributed by atoms with E-state index in [1.54, 1.807) is 0 Å². The maximum atomic E-state index is 13.5. The van der Waals surface area contributed by atoms with Crippen molar-refractivity contribution in [3.8, 4) is 5.75 Å². The second kappa shape index (κ2) is 8.34. The fourth-order valence-corrected chi connectivity index (χ4v) is 2.53. The number of halogens is 5. The van der Waals surface area contributed by atoms with Crippen LogP contribution in [0.5, 0.6) is 5.75 Å². The van der Waals surface area contributed by atoms with Gasteiger partial charge in [-0.05, 0) is 35.9 Å². The van der Waals surface area contributed by atoms with Crippen LogP contribution in [0.2, 0.25) is 0 Å². The summed E-state index contributed by atoms with van der Waals surface area (Å²) in [6.07, 6.45) is -4.54. The smallest absolute Gasteiger partial charge is 0.416 e. The van der Waals surface area contributed by atoms with Crippen LogP contribution < -0.4 is 10.1 Å². The lowest BCUT2D eigenvalue weighted by Crippen LogP contribution is -2.24. The van der Waals surface area contributed by atoms with Gasteiger partial charge in [0.05, 0.1) is 5.56 Å². The lowest BCUT2D eigenvalue weighted by Gasteiger charge is -2.12. The third-order valence-electron chi connectivity index (χ3n) is 3.91. The predicted octanol–water partition coefficient (Wildman–Crippen LogP) is 5.09. The van der Waals surface area contributed by atoms with E-state index >= 15 is 0 Å². The number of alkyl halides is 3. The predicted molar refractivity (Wildman–Crippen MR) is 92.0 cm³/mol. The largest absolute Gasteiger partial charge is 0.483 e. The highest BCUT2D eigenvalue weighted by atomic mass is 19.4. The van der Waals surface area contributed by atoms with Gasteiger partial charge in [-0.2, -0.15) is 13.2 Å². The first-order valence-electron chi connectivity index (χ1n) is 8.34. The van der Waals surface area contributed by atoms with Crippen molar-refractivity contribution in [1.29, 1.82) is 0 Å². The zero-order valence-electron chi connectivity index (χ0n) is 14.7. The molecule has 0 fully saturated rings. The van der Waals surface area contributed by atoms with E-state index in [1.807, 2.05) is 0 Å². The molecule has 2 aromatic carbocycles. The van der Waals surface area contributed by atoms with Crippen molar-refractivity contribution in [2.24, 2.45) is 0 Å². The highest BCUT2D eigenvalue weighted by Gasteiger charge is 2.32. The minimum atomic E-state index is -4.54. The molecule has 1 heterocycles. The van der Waals surface area contributed by atoms with Gasteiger partial charge in [-0.15, -0.1) is 0 Å². The molecular formula is C20H14F5NO3. The normalized spacial score (nSPS) is 11.3. The maximum absolute atomic E-state index is 13.5. The minimum absolute atomic E-state index is 0.0877. The Morgan fingerprint density at radius 3 is 2.52 bits per heavy atom. The van der Waals surface area contributed by atoms with Crippen molar-refractivity contribution in [3.63, 3.8) is 0 Å². The number of nitrogens with one attached hydrogen (secondary N) is 1. The van der Waals surface area contributed by atoms with Gasteiger partial charge in [0, 0.05) is 12.6 Å². The molecule has 152 valence electrons. The van der Waals surface area contributed by atoms with E-state index in [4.69, 9.17) is 9.15 Å². The lowest BCUT2D eigenvalue weighted by molar-refractivity contribution is -0.138. The zero-order chi connectivity index (χ0) is 21.0. The lowest BCUT2D eigenvalue weighted by atomic mass is 10.1. The summed E-state index contributed by atoms with van der Waals surface area (Å²) in [7, 11) is 0. The van der Waals surface area contributed by atoms with E-state index in [1.165, 1.54) is 30.3 Å². The summed E-state index contributed by atoms with van der Waals surface area (Å²) >= 11 is 0. The van der Waals surface area contributed by atoms with Gasteiger partial charge in [-0.1, -0.05) is 18.2 Å². The van der Waals surface area contributed by atoms with Gasteiger partial charge in [0.25, 0.3) is 5.91 Å². The highest BCUT2D eigenvalue weighted by Crippen LogP contribution is 2.31. The monoisotopic (exact) mass is 411 g/mol. The molecule has 3 rings (SSSR count). The Balaban J connectivity index is 1.60. The molecule has 1 N–H and O–H groups in total. The molecule has 0 radical (unpaired) electrons. The standard InChI is InChI=1S/C20H14F5NO3/c21-13-5-7-17(16(22)9-13)28-11-14-6-8-18(29-14)19(27)26-10-12-3-1-2-4-15(12)20(23,24)25/h1-9H,10-11H2,(H,26,27). The Morgan fingerprint density at radius 1 is 1.03 bits per heavy atom. The summed E-state index contributed by atoms with van der Waals surface area (Å²) in [5, 5.41) is 2.36. The Hall–Kier alpha value is -3.36. The second-order valence-corrected chi connectivity index (χ2v) is 5.97. The number of rotatable bonds is 6. The number of furan rings is 1. The Labute approximate surface area is 161 Å². The highest BCUT2D eigenvalue weighted by molar-refractivity contribution is 5.91. The number of ether oxygens (including phenoxy) is 1. The molecule has 0 spiro atoms. The molecule has 0 saturated carbocycles. The molecule has 0 bridgehead atoms. The van der Waals surface area contributed by atoms with Crippen molar-refractivity contribution in [2.75, 3.05) is 0 Å². The van der Waals surface area contributed by atoms with Gasteiger partial charge >= 0.3 is 6.18 Å². The Bertz CT molecular complexity index is 1010. The van der Waals surface area contributed by atoms with Crippen LogP contribution in [0.15, 0.2) is 59.0 Å². The third-order valence-corrected chi connectivity index (χ3v) is 3.91. The van der Waals surface area contributed by atoms with Crippen LogP contribution in [0, 0.1) is 11.6 Å². The average molecular weight is 411 g/mol. The van der Waals surface area contributed by atoms with Gasteiger partial charge in [-0.3, -0.25) is 4.79 Å². The number of amides is 1. The summed E-state index contributed by atoms with van der Waals surface area (Å²) in [5.41, 5.74) is -0.926. The average Bonchev–Trinajstić information content (AvgIpc) is 3.14. The summed E-state index contributed by atoms with van der Waals surface area (Å²) < 4.78 is 75.8. The first-order valence-corrected chi connectivity index (χ1v) is 8.34. The van der Waals surface area contributed by atoms with Crippen molar-refractivity contribution in [2.45, 2.75) is 19.3 Å². The van der Waals surface area contributed by atoms with Crippen LogP contribution in [-0.2, 0) is 19.3 Å². The summed E-state index contributed by atoms with van der Waals surface area (Å²) in [5.74, 6) is -2.53. The van der Waals surface area contributed by atoms with Crippen LogP contribution in [0.1, 0.15) is 27.4 Å². The first kappa shape index (κ1) is 20.4. The molecule has 29 heavy (non-hydrogen) atoms. The van der Waals surface area contributed by atoms with E-state index in [2.05, 4.69) is 5.32 Å². The summed E-state index contributed by atoms with van der Waals surface area (Å²) in [6, 6.07) is 10.4.